The molecule has 1 unspecified atom stereocenters. The highest BCUT2D eigenvalue weighted by Crippen LogP contribution is 2.18. The lowest BCUT2D eigenvalue weighted by atomic mass is 10.1. The molecule has 4 heteroatoms. The summed E-state index contributed by atoms with van der Waals surface area (Å²) in [5.41, 5.74) is 1.54. The third kappa shape index (κ3) is 2.72. The summed E-state index contributed by atoms with van der Waals surface area (Å²) in [5, 5.41) is 12.2. The summed E-state index contributed by atoms with van der Waals surface area (Å²) < 4.78 is 0. The van der Waals surface area contributed by atoms with Crippen molar-refractivity contribution in [1.82, 2.24) is 5.32 Å². The number of hydrogen-bond donors (Lipinski definition) is 2. The smallest absolute Gasteiger partial charge is 0.249 e. The average molecular weight is 230 g/mol. The van der Waals surface area contributed by atoms with Gasteiger partial charge in [0.05, 0.1) is 12.6 Å². The molecule has 0 radical (unpaired) electrons. The number of carbonyl (C=O) groups is 1. The fourth-order valence-electron chi connectivity index (χ4n) is 1.66. The summed E-state index contributed by atoms with van der Waals surface area (Å²) in [6.07, 6.45) is 3.35. The molecule has 0 aliphatic carbocycles. The van der Waals surface area contributed by atoms with Crippen molar-refractivity contribution in [3.05, 3.63) is 41.5 Å². The second-order valence-electron chi connectivity index (χ2n) is 3.97. The van der Waals surface area contributed by atoms with Crippen LogP contribution in [-0.4, -0.2) is 23.8 Å². The van der Waals surface area contributed by atoms with Crippen LogP contribution in [0.2, 0.25) is 0 Å². The van der Waals surface area contributed by atoms with Crippen LogP contribution < -0.4 is 5.32 Å². The monoisotopic (exact) mass is 230 g/mol. The van der Waals surface area contributed by atoms with E-state index < -0.39 is 0 Å². The molecule has 0 saturated heterocycles. The van der Waals surface area contributed by atoms with Gasteiger partial charge in [-0.25, -0.2) is 0 Å². The third-order valence-electron chi connectivity index (χ3n) is 2.65. The van der Waals surface area contributed by atoms with Crippen LogP contribution in [0.1, 0.15) is 18.5 Å². The molecule has 0 saturated carbocycles. The Balaban J connectivity index is 2.01. The van der Waals surface area contributed by atoms with Crippen molar-refractivity contribution in [1.29, 1.82) is 0 Å². The molecule has 0 fully saturated rings. The van der Waals surface area contributed by atoms with Crippen LogP contribution >= 0.6 is 0 Å². The fraction of sp³-hybridized carbons (Fsp3) is 0.231. The van der Waals surface area contributed by atoms with Gasteiger partial charge in [0, 0.05) is 11.8 Å². The van der Waals surface area contributed by atoms with Crippen LogP contribution in [0.25, 0.3) is 0 Å². The molecule has 4 nitrogen and oxygen atoms in total. The first-order chi connectivity index (χ1) is 8.16. The zero-order valence-electron chi connectivity index (χ0n) is 9.55. The van der Waals surface area contributed by atoms with Gasteiger partial charge >= 0.3 is 0 Å². The number of nitrogens with one attached hydrogen (secondary N) is 1. The molecule has 1 aliphatic rings. The molecular weight excluding hydrogens is 216 g/mol. The van der Waals surface area contributed by atoms with Crippen molar-refractivity contribution in [2.45, 2.75) is 13.0 Å². The summed E-state index contributed by atoms with van der Waals surface area (Å²) in [5.74, 6) is 0.0883. The quantitative estimate of drug-likeness (QED) is 0.828. The predicted molar refractivity (Wildman–Crippen MR) is 66.1 cm³/mol. The van der Waals surface area contributed by atoms with Crippen molar-refractivity contribution < 1.29 is 9.90 Å². The summed E-state index contributed by atoms with van der Waals surface area (Å²) in [6, 6.07) is 6.72. The molecule has 0 aromatic heterocycles. The van der Waals surface area contributed by atoms with E-state index in [4.69, 9.17) is 0 Å². The number of amides is 1. The minimum absolute atomic E-state index is 0.113. The maximum atomic E-state index is 11.8. The Labute approximate surface area is 99.7 Å². The standard InChI is InChI=1S/C13H14N2O2/c1-9(10-3-2-4-12(16)7-10)15-13(17)11-5-6-14-8-11/h2-7,9,16H,8H2,1H3,(H,15,17). The van der Waals surface area contributed by atoms with Crippen LogP contribution in [-0.2, 0) is 4.79 Å². The molecule has 1 aliphatic heterocycles. The highest BCUT2D eigenvalue weighted by Gasteiger charge is 2.14. The number of allylic oxidation sites excluding steroid dienone is 1. The summed E-state index contributed by atoms with van der Waals surface area (Å²) in [4.78, 5) is 15.8. The Bertz CT molecular complexity index is 492. The molecule has 17 heavy (non-hydrogen) atoms. The lowest BCUT2D eigenvalue weighted by Gasteiger charge is -2.14. The van der Waals surface area contributed by atoms with Crippen LogP contribution in [0.4, 0.5) is 0 Å². The van der Waals surface area contributed by atoms with Crippen molar-refractivity contribution in [2.75, 3.05) is 6.54 Å². The van der Waals surface area contributed by atoms with E-state index in [0.717, 1.165) is 5.56 Å². The van der Waals surface area contributed by atoms with Gasteiger partial charge in [0.1, 0.15) is 5.75 Å². The largest absolute Gasteiger partial charge is 0.508 e. The van der Waals surface area contributed by atoms with E-state index in [1.807, 2.05) is 13.0 Å². The minimum Gasteiger partial charge on any atom is -0.508 e. The van der Waals surface area contributed by atoms with Gasteiger partial charge in [-0.05, 0) is 30.7 Å². The Morgan fingerprint density at radius 3 is 3.00 bits per heavy atom. The van der Waals surface area contributed by atoms with Gasteiger partial charge in [-0.15, -0.1) is 0 Å². The van der Waals surface area contributed by atoms with Crippen LogP contribution in [0.5, 0.6) is 5.75 Å². The van der Waals surface area contributed by atoms with E-state index in [-0.39, 0.29) is 17.7 Å². The lowest BCUT2D eigenvalue weighted by molar-refractivity contribution is -0.118. The first kappa shape index (κ1) is 11.4. The van der Waals surface area contributed by atoms with Gasteiger partial charge < -0.3 is 10.4 Å². The molecule has 0 spiro atoms. The highest BCUT2D eigenvalue weighted by molar-refractivity contribution is 5.99. The number of hydrogen-bond acceptors (Lipinski definition) is 3. The number of phenols is 1. The average Bonchev–Trinajstić information content (AvgIpc) is 2.82. The minimum atomic E-state index is -0.143. The predicted octanol–water partition coefficient (Wildman–Crippen LogP) is 1.58. The van der Waals surface area contributed by atoms with E-state index in [1.165, 1.54) is 0 Å². The van der Waals surface area contributed by atoms with Gasteiger partial charge in [-0.3, -0.25) is 9.79 Å². The first-order valence-corrected chi connectivity index (χ1v) is 5.45. The van der Waals surface area contributed by atoms with Gasteiger partial charge in [-0.1, -0.05) is 12.1 Å². The second-order valence-corrected chi connectivity index (χ2v) is 3.97. The first-order valence-electron chi connectivity index (χ1n) is 5.45. The number of nitrogens with zero attached hydrogens (tertiary/aromatic N) is 1. The van der Waals surface area contributed by atoms with Gasteiger partial charge in [-0.2, -0.15) is 0 Å². The molecule has 2 N–H and O–H groups in total. The fourth-order valence-corrected chi connectivity index (χ4v) is 1.66. The summed E-state index contributed by atoms with van der Waals surface area (Å²) in [7, 11) is 0. The Morgan fingerprint density at radius 1 is 1.53 bits per heavy atom. The van der Waals surface area contributed by atoms with Crippen molar-refractivity contribution in [3.63, 3.8) is 0 Å². The van der Waals surface area contributed by atoms with E-state index in [0.29, 0.717) is 12.1 Å². The van der Waals surface area contributed by atoms with E-state index in [2.05, 4.69) is 10.3 Å². The maximum absolute atomic E-state index is 11.8. The second kappa shape index (κ2) is 4.82. The van der Waals surface area contributed by atoms with E-state index in [1.54, 1.807) is 30.5 Å². The summed E-state index contributed by atoms with van der Waals surface area (Å²) in [6.45, 7) is 2.32. The van der Waals surface area contributed by atoms with Crippen molar-refractivity contribution in [2.24, 2.45) is 4.99 Å². The normalized spacial score (nSPS) is 15.5. The Morgan fingerprint density at radius 2 is 2.35 bits per heavy atom. The third-order valence-corrected chi connectivity index (χ3v) is 2.65. The molecule has 1 heterocycles. The van der Waals surface area contributed by atoms with Crippen molar-refractivity contribution >= 4 is 12.1 Å². The zero-order chi connectivity index (χ0) is 12.3. The van der Waals surface area contributed by atoms with Gasteiger partial charge in [0.2, 0.25) is 5.91 Å². The number of aromatic hydroxyl groups is 1. The topological polar surface area (TPSA) is 61.7 Å². The molecule has 1 aromatic carbocycles. The van der Waals surface area contributed by atoms with Crippen molar-refractivity contribution in [3.8, 4) is 5.75 Å². The zero-order valence-corrected chi connectivity index (χ0v) is 9.55. The number of benzene rings is 1. The Kier molecular flexibility index (Phi) is 3.23. The molecule has 0 bridgehead atoms. The number of carbonyl (C=O) groups excluding carboxylic acids is 1. The number of phenolic OH excluding ortho intramolecular Hbond substituents is 1. The summed E-state index contributed by atoms with van der Waals surface area (Å²) >= 11 is 0. The number of aliphatic imine (C=N–C) groups is 1. The molecular formula is C13H14N2O2. The van der Waals surface area contributed by atoms with Crippen LogP contribution in [0, 0.1) is 0 Å². The molecule has 1 aromatic rings. The van der Waals surface area contributed by atoms with Gasteiger partial charge in [0.15, 0.2) is 0 Å². The molecule has 1 amide bonds. The van der Waals surface area contributed by atoms with E-state index >= 15 is 0 Å². The van der Waals surface area contributed by atoms with E-state index in [9.17, 15) is 9.90 Å². The van der Waals surface area contributed by atoms with Crippen LogP contribution in [0.3, 0.4) is 0 Å². The molecule has 88 valence electrons. The Hall–Kier alpha value is -2.10. The van der Waals surface area contributed by atoms with Crippen LogP contribution in [0.15, 0.2) is 40.9 Å². The SMILES string of the molecule is CC(NC(=O)C1=CC=NC1)c1cccc(O)c1. The number of rotatable bonds is 3. The lowest BCUT2D eigenvalue weighted by Crippen LogP contribution is -2.28. The highest BCUT2D eigenvalue weighted by atomic mass is 16.3. The van der Waals surface area contributed by atoms with Gasteiger partial charge in [0.25, 0.3) is 0 Å². The maximum Gasteiger partial charge on any atom is 0.249 e. The molecule has 1 atom stereocenters. The molecule has 2 rings (SSSR count).